The summed E-state index contributed by atoms with van der Waals surface area (Å²) in [6.45, 7) is 0.682. The van der Waals surface area contributed by atoms with Crippen LogP contribution in [0.25, 0.3) is 11.5 Å². The van der Waals surface area contributed by atoms with E-state index in [4.69, 9.17) is 4.52 Å². The van der Waals surface area contributed by atoms with E-state index in [-0.39, 0.29) is 0 Å². The van der Waals surface area contributed by atoms with E-state index in [1.807, 2.05) is 60.6 Å². The van der Waals surface area contributed by atoms with Gasteiger partial charge in [0, 0.05) is 31.5 Å². The second-order valence-corrected chi connectivity index (χ2v) is 4.48. The molecule has 2 heterocycles. The average molecular weight is 266 g/mol. The second kappa shape index (κ2) is 5.52. The molecular formula is C15H14N4O. The minimum atomic E-state index is 0.527. The molecule has 1 aromatic carbocycles. The van der Waals surface area contributed by atoms with Crippen LogP contribution in [0.4, 0.5) is 5.95 Å². The third-order valence-electron chi connectivity index (χ3n) is 2.92. The molecule has 3 aromatic rings. The van der Waals surface area contributed by atoms with E-state index in [1.54, 1.807) is 6.20 Å². The molecule has 0 unspecified atom stereocenters. The third kappa shape index (κ3) is 2.66. The van der Waals surface area contributed by atoms with Crippen LogP contribution >= 0.6 is 0 Å². The first-order valence-corrected chi connectivity index (χ1v) is 6.32. The Bertz CT molecular complexity index is 667. The smallest absolute Gasteiger partial charge is 0.266 e. The maximum Gasteiger partial charge on any atom is 0.266 e. The quantitative estimate of drug-likeness (QED) is 0.726. The molecule has 0 aliphatic rings. The van der Waals surface area contributed by atoms with Crippen molar-refractivity contribution in [2.45, 2.75) is 6.54 Å². The number of rotatable bonds is 4. The zero-order valence-electron chi connectivity index (χ0n) is 11.1. The molecule has 100 valence electrons. The van der Waals surface area contributed by atoms with Gasteiger partial charge in [-0.15, -0.1) is 0 Å². The standard InChI is InChI=1S/C15H14N4O/c1-19(11-12-6-5-9-16-10-12)15-17-14(20-18-15)13-7-3-2-4-8-13/h2-10H,11H2,1H3. The van der Waals surface area contributed by atoms with Gasteiger partial charge >= 0.3 is 0 Å². The Balaban J connectivity index is 1.77. The van der Waals surface area contributed by atoms with Gasteiger partial charge < -0.3 is 9.42 Å². The molecule has 5 nitrogen and oxygen atoms in total. The number of benzene rings is 1. The molecule has 0 aliphatic heterocycles. The van der Waals surface area contributed by atoms with Crippen LogP contribution in [0.1, 0.15) is 5.56 Å². The summed E-state index contributed by atoms with van der Waals surface area (Å²) in [5.41, 5.74) is 2.02. The molecule has 0 saturated carbocycles. The molecule has 0 fully saturated rings. The SMILES string of the molecule is CN(Cc1cccnc1)c1noc(-c2ccccc2)n1. The van der Waals surface area contributed by atoms with Crippen molar-refractivity contribution < 1.29 is 4.52 Å². The highest BCUT2D eigenvalue weighted by atomic mass is 16.5. The molecule has 0 saturated heterocycles. The lowest BCUT2D eigenvalue weighted by molar-refractivity contribution is 0.430. The summed E-state index contributed by atoms with van der Waals surface area (Å²) in [7, 11) is 1.92. The van der Waals surface area contributed by atoms with Crippen LogP contribution in [-0.4, -0.2) is 22.2 Å². The van der Waals surface area contributed by atoms with E-state index in [9.17, 15) is 0 Å². The van der Waals surface area contributed by atoms with Gasteiger partial charge in [0.05, 0.1) is 0 Å². The minimum absolute atomic E-state index is 0.527. The molecule has 20 heavy (non-hydrogen) atoms. The fourth-order valence-electron chi connectivity index (χ4n) is 1.90. The van der Waals surface area contributed by atoms with E-state index in [0.717, 1.165) is 11.1 Å². The number of aromatic nitrogens is 3. The van der Waals surface area contributed by atoms with Crippen molar-refractivity contribution in [1.82, 2.24) is 15.1 Å². The van der Waals surface area contributed by atoms with Crippen LogP contribution in [0.5, 0.6) is 0 Å². The van der Waals surface area contributed by atoms with Crippen LogP contribution in [-0.2, 0) is 6.54 Å². The van der Waals surface area contributed by atoms with E-state index < -0.39 is 0 Å². The maximum atomic E-state index is 5.29. The molecule has 0 atom stereocenters. The Morgan fingerprint density at radius 1 is 1.10 bits per heavy atom. The largest absolute Gasteiger partial charge is 0.337 e. The summed E-state index contributed by atoms with van der Waals surface area (Å²) in [6.07, 6.45) is 3.58. The molecule has 0 bridgehead atoms. The molecule has 0 aliphatic carbocycles. The minimum Gasteiger partial charge on any atom is -0.337 e. The Hall–Kier alpha value is -2.69. The van der Waals surface area contributed by atoms with Crippen molar-refractivity contribution in [3.8, 4) is 11.5 Å². The zero-order chi connectivity index (χ0) is 13.8. The van der Waals surface area contributed by atoms with E-state index in [0.29, 0.717) is 18.4 Å². The average Bonchev–Trinajstić information content (AvgIpc) is 2.99. The third-order valence-corrected chi connectivity index (χ3v) is 2.92. The first-order chi connectivity index (χ1) is 9.83. The molecule has 2 aromatic heterocycles. The predicted molar refractivity (Wildman–Crippen MR) is 76.1 cm³/mol. The van der Waals surface area contributed by atoms with Gasteiger partial charge in [-0.2, -0.15) is 4.98 Å². The lowest BCUT2D eigenvalue weighted by atomic mass is 10.2. The number of hydrogen-bond donors (Lipinski definition) is 0. The normalized spacial score (nSPS) is 10.4. The van der Waals surface area contributed by atoms with Gasteiger partial charge in [-0.3, -0.25) is 4.98 Å². The van der Waals surface area contributed by atoms with Crippen LogP contribution in [0.2, 0.25) is 0 Å². The highest BCUT2D eigenvalue weighted by Crippen LogP contribution is 2.19. The summed E-state index contributed by atoms with van der Waals surface area (Å²) >= 11 is 0. The first-order valence-electron chi connectivity index (χ1n) is 6.32. The lowest BCUT2D eigenvalue weighted by Crippen LogP contribution is -2.17. The maximum absolute atomic E-state index is 5.29. The fourth-order valence-corrected chi connectivity index (χ4v) is 1.90. The van der Waals surface area contributed by atoms with Gasteiger partial charge in [0.2, 0.25) is 0 Å². The summed E-state index contributed by atoms with van der Waals surface area (Å²) in [4.78, 5) is 10.4. The van der Waals surface area contributed by atoms with Gasteiger partial charge in [-0.1, -0.05) is 24.3 Å². The van der Waals surface area contributed by atoms with Crippen molar-refractivity contribution in [3.63, 3.8) is 0 Å². The topological polar surface area (TPSA) is 55.1 Å². The Morgan fingerprint density at radius 3 is 2.70 bits per heavy atom. The Kier molecular flexibility index (Phi) is 3.41. The molecule has 5 heteroatoms. The van der Waals surface area contributed by atoms with Crippen molar-refractivity contribution in [2.24, 2.45) is 0 Å². The monoisotopic (exact) mass is 266 g/mol. The van der Waals surface area contributed by atoms with E-state index in [2.05, 4.69) is 15.1 Å². The van der Waals surface area contributed by atoms with Crippen molar-refractivity contribution in [3.05, 3.63) is 60.4 Å². The second-order valence-electron chi connectivity index (χ2n) is 4.48. The Labute approximate surface area is 116 Å². The number of hydrogen-bond acceptors (Lipinski definition) is 5. The number of nitrogens with zero attached hydrogens (tertiary/aromatic N) is 4. The molecular weight excluding hydrogens is 252 g/mol. The summed E-state index contributed by atoms with van der Waals surface area (Å²) < 4.78 is 5.29. The highest BCUT2D eigenvalue weighted by Gasteiger charge is 2.12. The lowest BCUT2D eigenvalue weighted by Gasteiger charge is -2.13. The first kappa shape index (κ1) is 12.3. The summed E-state index contributed by atoms with van der Waals surface area (Å²) in [5, 5.41) is 4.01. The fraction of sp³-hybridized carbons (Fsp3) is 0.133. The molecule has 0 amide bonds. The highest BCUT2D eigenvalue weighted by molar-refractivity contribution is 5.53. The van der Waals surface area contributed by atoms with Gasteiger partial charge in [0.15, 0.2) is 0 Å². The number of anilines is 1. The van der Waals surface area contributed by atoms with Crippen LogP contribution in [0, 0.1) is 0 Å². The molecule has 3 rings (SSSR count). The van der Waals surface area contributed by atoms with E-state index in [1.165, 1.54) is 0 Å². The van der Waals surface area contributed by atoms with Gasteiger partial charge in [0.1, 0.15) is 0 Å². The van der Waals surface area contributed by atoms with Gasteiger partial charge in [-0.05, 0) is 28.9 Å². The van der Waals surface area contributed by atoms with Crippen LogP contribution < -0.4 is 4.90 Å². The summed E-state index contributed by atoms with van der Waals surface area (Å²) in [5.74, 6) is 1.09. The van der Waals surface area contributed by atoms with Crippen molar-refractivity contribution in [1.29, 1.82) is 0 Å². The number of pyridine rings is 1. The summed E-state index contributed by atoms with van der Waals surface area (Å²) in [6, 6.07) is 13.7. The predicted octanol–water partition coefficient (Wildman–Crippen LogP) is 2.77. The van der Waals surface area contributed by atoms with Crippen molar-refractivity contribution >= 4 is 5.95 Å². The zero-order valence-corrected chi connectivity index (χ0v) is 11.1. The van der Waals surface area contributed by atoms with Gasteiger partial charge in [-0.25, -0.2) is 0 Å². The molecule has 0 radical (unpaired) electrons. The van der Waals surface area contributed by atoms with Crippen LogP contribution in [0.15, 0.2) is 59.4 Å². The Morgan fingerprint density at radius 2 is 1.95 bits per heavy atom. The van der Waals surface area contributed by atoms with Crippen molar-refractivity contribution in [2.75, 3.05) is 11.9 Å². The van der Waals surface area contributed by atoms with Gasteiger partial charge in [0.25, 0.3) is 11.8 Å². The van der Waals surface area contributed by atoms with E-state index >= 15 is 0 Å². The van der Waals surface area contributed by atoms with Crippen LogP contribution in [0.3, 0.4) is 0 Å². The molecule has 0 N–H and O–H groups in total. The molecule has 0 spiro atoms.